The van der Waals surface area contributed by atoms with Crippen molar-refractivity contribution in [3.63, 3.8) is 0 Å². The summed E-state index contributed by atoms with van der Waals surface area (Å²) in [6.45, 7) is 0.561. The molecule has 0 spiro atoms. The summed E-state index contributed by atoms with van der Waals surface area (Å²) >= 11 is 5.91. The van der Waals surface area contributed by atoms with Gasteiger partial charge in [0.15, 0.2) is 0 Å². The second-order valence-corrected chi connectivity index (χ2v) is 7.62. The van der Waals surface area contributed by atoms with E-state index in [-0.39, 0.29) is 17.2 Å². The fraction of sp³-hybridized carbons (Fsp3) is 0.174. The van der Waals surface area contributed by atoms with E-state index in [4.69, 9.17) is 22.1 Å². The molecular formula is C23H18ClF3N2O2. The predicted molar refractivity (Wildman–Crippen MR) is 114 cm³/mol. The summed E-state index contributed by atoms with van der Waals surface area (Å²) in [6, 6.07) is 15.4. The molecule has 0 unspecified atom stereocenters. The molecule has 3 aromatic rings. The zero-order valence-corrected chi connectivity index (χ0v) is 17.0. The monoisotopic (exact) mass is 446 g/mol. The van der Waals surface area contributed by atoms with Crippen molar-refractivity contribution < 1.29 is 22.7 Å². The van der Waals surface area contributed by atoms with Crippen LogP contribution >= 0.6 is 11.6 Å². The minimum Gasteiger partial charge on any atom is -0.457 e. The number of nitrogens with zero attached hydrogens (tertiary/aromatic N) is 1. The Hall–Kier alpha value is -3.19. The van der Waals surface area contributed by atoms with Crippen molar-refractivity contribution >= 4 is 28.9 Å². The van der Waals surface area contributed by atoms with E-state index in [2.05, 4.69) is 0 Å². The molecular weight excluding hydrogens is 429 g/mol. The molecule has 31 heavy (non-hydrogen) atoms. The Morgan fingerprint density at radius 1 is 1.00 bits per heavy atom. The van der Waals surface area contributed by atoms with Crippen LogP contribution in [0.1, 0.15) is 18.4 Å². The van der Waals surface area contributed by atoms with Crippen LogP contribution in [0.2, 0.25) is 5.02 Å². The Labute approximate surface area is 182 Å². The number of alkyl halides is 3. The van der Waals surface area contributed by atoms with Crippen LogP contribution < -0.4 is 15.4 Å². The lowest BCUT2D eigenvalue weighted by Crippen LogP contribution is -2.23. The van der Waals surface area contributed by atoms with Gasteiger partial charge in [0, 0.05) is 34.9 Å². The van der Waals surface area contributed by atoms with E-state index in [0.29, 0.717) is 40.7 Å². The van der Waals surface area contributed by atoms with Gasteiger partial charge in [-0.25, -0.2) is 0 Å². The second kappa shape index (κ2) is 8.15. The third kappa shape index (κ3) is 4.46. The smallest absolute Gasteiger partial charge is 0.418 e. The number of halogens is 4. The van der Waals surface area contributed by atoms with Crippen molar-refractivity contribution in [2.75, 3.05) is 17.2 Å². The largest absolute Gasteiger partial charge is 0.457 e. The number of anilines is 2. The zero-order valence-electron chi connectivity index (χ0n) is 16.2. The first-order valence-electron chi connectivity index (χ1n) is 9.57. The lowest BCUT2D eigenvalue weighted by atomic mass is 9.99. The van der Waals surface area contributed by atoms with Gasteiger partial charge in [0.1, 0.15) is 11.5 Å². The third-order valence-electron chi connectivity index (χ3n) is 5.06. The van der Waals surface area contributed by atoms with Gasteiger partial charge in [-0.05, 0) is 66.6 Å². The van der Waals surface area contributed by atoms with Gasteiger partial charge in [0.05, 0.1) is 5.56 Å². The summed E-state index contributed by atoms with van der Waals surface area (Å²) in [4.78, 5) is 13.8. The molecule has 160 valence electrons. The van der Waals surface area contributed by atoms with Crippen LogP contribution in [0.4, 0.5) is 24.5 Å². The molecule has 3 aromatic carbocycles. The normalized spacial score (nSPS) is 14.2. The van der Waals surface area contributed by atoms with E-state index >= 15 is 0 Å². The summed E-state index contributed by atoms with van der Waals surface area (Å²) in [5, 5.41) is 0.531. The van der Waals surface area contributed by atoms with E-state index < -0.39 is 11.7 Å². The lowest BCUT2D eigenvalue weighted by Gasteiger charge is -2.20. The first-order chi connectivity index (χ1) is 14.7. The summed E-state index contributed by atoms with van der Waals surface area (Å²) in [7, 11) is 0. The molecule has 2 N–H and O–H groups in total. The van der Waals surface area contributed by atoms with Crippen LogP contribution in [-0.4, -0.2) is 12.5 Å². The third-order valence-corrected chi connectivity index (χ3v) is 5.31. The highest BCUT2D eigenvalue weighted by molar-refractivity contribution is 6.30. The first kappa shape index (κ1) is 21.1. The predicted octanol–water partition coefficient (Wildman–Crippen LogP) is 6.53. The summed E-state index contributed by atoms with van der Waals surface area (Å²) in [5.74, 6) is 0.795. The van der Waals surface area contributed by atoms with Crippen LogP contribution in [-0.2, 0) is 11.0 Å². The van der Waals surface area contributed by atoms with Crippen LogP contribution in [0.5, 0.6) is 11.5 Å². The van der Waals surface area contributed by atoms with Gasteiger partial charge in [-0.3, -0.25) is 4.79 Å². The van der Waals surface area contributed by atoms with Crippen LogP contribution in [0.3, 0.4) is 0 Å². The summed E-state index contributed by atoms with van der Waals surface area (Å²) < 4.78 is 46.2. The Kier molecular flexibility index (Phi) is 5.54. The topological polar surface area (TPSA) is 55.6 Å². The minimum absolute atomic E-state index is 0.0226. The van der Waals surface area contributed by atoms with E-state index in [1.807, 2.05) is 0 Å². The van der Waals surface area contributed by atoms with Crippen molar-refractivity contribution in [2.45, 2.75) is 19.0 Å². The molecule has 0 aliphatic carbocycles. The number of nitrogen functional groups attached to an aromatic ring is 1. The number of hydrogen-bond donors (Lipinski definition) is 1. The van der Waals surface area contributed by atoms with E-state index in [1.165, 1.54) is 12.1 Å². The Bertz CT molecular complexity index is 1130. The quantitative estimate of drug-likeness (QED) is 0.464. The number of hydrogen-bond acceptors (Lipinski definition) is 3. The van der Waals surface area contributed by atoms with Crippen LogP contribution in [0, 0.1) is 0 Å². The lowest BCUT2D eigenvalue weighted by molar-refractivity contribution is -0.136. The highest BCUT2D eigenvalue weighted by Crippen LogP contribution is 2.41. The Morgan fingerprint density at radius 2 is 1.74 bits per heavy atom. The van der Waals surface area contributed by atoms with Crippen LogP contribution in [0.25, 0.3) is 11.1 Å². The molecule has 8 heteroatoms. The molecule has 0 saturated carbocycles. The number of carbonyl (C=O) groups is 1. The Morgan fingerprint density at radius 3 is 2.39 bits per heavy atom. The minimum atomic E-state index is -4.60. The first-order valence-corrected chi connectivity index (χ1v) is 9.95. The van der Waals surface area contributed by atoms with E-state index in [0.717, 1.165) is 12.5 Å². The maximum absolute atomic E-state index is 13.4. The van der Waals surface area contributed by atoms with Crippen molar-refractivity contribution in [3.8, 4) is 22.6 Å². The van der Waals surface area contributed by atoms with Gasteiger partial charge in [-0.15, -0.1) is 0 Å². The molecule has 0 bridgehead atoms. The molecule has 0 aromatic heterocycles. The fourth-order valence-electron chi connectivity index (χ4n) is 3.52. The Balaban J connectivity index is 1.82. The number of benzene rings is 3. The van der Waals surface area contributed by atoms with E-state index in [1.54, 1.807) is 47.4 Å². The molecule has 4 nitrogen and oxygen atoms in total. The molecule has 0 radical (unpaired) electrons. The highest BCUT2D eigenvalue weighted by atomic mass is 35.5. The van der Waals surface area contributed by atoms with Crippen molar-refractivity contribution in [2.24, 2.45) is 0 Å². The van der Waals surface area contributed by atoms with Crippen molar-refractivity contribution in [1.29, 1.82) is 0 Å². The van der Waals surface area contributed by atoms with E-state index in [9.17, 15) is 18.0 Å². The molecule has 0 atom stereocenters. The van der Waals surface area contributed by atoms with Gasteiger partial charge in [0.2, 0.25) is 5.91 Å². The summed E-state index contributed by atoms with van der Waals surface area (Å²) in [5.41, 5.74) is 5.57. The molecule has 1 fully saturated rings. The SMILES string of the molecule is Nc1ccc(-c2cc(N3CCCC3=O)ccc2Oc2ccc(Cl)cc2)cc1C(F)(F)F. The number of carbonyl (C=O) groups excluding carboxylic acids is 1. The van der Waals surface area contributed by atoms with Gasteiger partial charge >= 0.3 is 6.18 Å². The average molecular weight is 447 g/mol. The van der Waals surface area contributed by atoms with Gasteiger partial charge < -0.3 is 15.4 Å². The molecule has 4 rings (SSSR count). The molecule has 1 aliphatic heterocycles. The maximum atomic E-state index is 13.4. The van der Waals surface area contributed by atoms with Gasteiger partial charge in [-0.1, -0.05) is 17.7 Å². The zero-order chi connectivity index (χ0) is 22.2. The molecule has 1 heterocycles. The van der Waals surface area contributed by atoms with Crippen LogP contribution in [0.15, 0.2) is 60.7 Å². The number of amides is 1. The average Bonchev–Trinajstić information content (AvgIpc) is 3.15. The second-order valence-electron chi connectivity index (χ2n) is 7.19. The standard InChI is InChI=1S/C23H18ClF3N2O2/c24-15-4-7-17(8-5-15)31-21-10-6-16(29-11-1-2-22(29)30)13-18(21)14-3-9-20(28)19(12-14)23(25,26)27/h3-10,12-13H,1-2,11,28H2. The number of rotatable bonds is 4. The number of nitrogens with two attached hydrogens (primary N) is 1. The summed E-state index contributed by atoms with van der Waals surface area (Å²) in [6.07, 6.45) is -3.42. The van der Waals surface area contributed by atoms with Gasteiger partial charge in [0.25, 0.3) is 0 Å². The molecule has 1 amide bonds. The van der Waals surface area contributed by atoms with Crippen molar-refractivity contribution in [3.05, 3.63) is 71.2 Å². The highest BCUT2D eigenvalue weighted by Gasteiger charge is 2.33. The fourth-order valence-corrected chi connectivity index (χ4v) is 3.65. The van der Waals surface area contributed by atoms with Gasteiger partial charge in [-0.2, -0.15) is 13.2 Å². The maximum Gasteiger partial charge on any atom is 0.418 e. The molecule has 1 saturated heterocycles. The molecule has 1 aliphatic rings. The number of ether oxygens (including phenoxy) is 1. The van der Waals surface area contributed by atoms with Crippen molar-refractivity contribution in [1.82, 2.24) is 0 Å².